The summed E-state index contributed by atoms with van der Waals surface area (Å²) in [4.78, 5) is 20.8. The van der Waals surface area contributed by atoms with E-state index in [1.54, 1.807) is 25.3 Å². The second kappa shape index (κ2) is 5.38. The van der Waals surface area contributed by atoms with Gasteiger partial charge in [0.05, 0.1) is 22.4 Å². The highest BCUT2D eigenvalue weighted by Crippen LogP contribution is 2.30. The van der Waals surface area contributed by atoms with Crippen molar-refractivity contribution in [3.8, 4) is 10.7 Å². The lowest BCUT2D eigenvalue weighted by Crippen LogP contribution is -2.07. The average Bonchev–Trinajstić information content (AvgIpc) is 2.91. The van der Waals surface area contributed by atoms with Gasteiger partial charge in [-0.2, -0.15) is 0 Å². The van der Waals surface area contributed by atoms with E-state index in [9.17, 15) is 4.79 Å². The first kappa shape index (κ1) is 12.7. The molecule has 0 aliphatic carbocycles. The number of rotatable bonds is 3. The zero-order valence-corrected chi connectivity index (χ0v) is 11.7. The molecule has 0 unspecified atom stereocenters. The second-order valence-electron chi connectivity index (χ2n) is 4.11. The maximum absolute atomic E-state index is 12.0. The predicted octanol–water partition coefficient (Wildman–Crippen LogP) is 3.54. The zero-order chi connectivity index (χ0) is 13.9. The molecule has 0 atom stereocenters. The minimum absolute atomic E-state index is 0.340. The first-order chi connectivity index (χ1) is 9.79. The van der Waals surface area contributed by atoms with E-state index in [4.69, 9.17) is 4.74 Å². The van der Waals surface area contributed by atoms with Crippen molar-refractivity contribution in [3.63, 3.8) is 0 Å². The summed E-state index contributed by atoms with van der Waals surface area (Å²) in [6, 6.07) is 11.3. The number of aromatic nitrogens is 2. The van der Waals surface area contributed by atoms with Crippen LogP contribution in [0.4, 0.5) is 0 Å². The molecule has 20 heavy (non-hydrogen) atoms. The summed E-state index contributed by atoms with van der Waals surface area (Å²) in [7, 11) is 0. The summed E-state index contributed by atoms with van der Waals surface area (Å²) in [6.45, 7) is 2.12. The molecule has 0 saturated heterocycles. The van der Waals surface area contributed by atoms with Crippen molar-refractivity contribution in [1.82, 2.24) is 9.97 Å². The third-order valence-corrected chi connectivity index (χ3v) is 3.84. The Morgan fingerprint density at radius 2 is 2.10 bits per heavy atom. The number of nitrogens with zero attached hydrogens (tertiary/aromatic N) is 2. The SMILES string of the molecule is CCOC(=O)c1cccnc1-c1nc2ccccc2s1. The Balaban J connectivity index is 2.11. The predicted molar refractivity (Wildman–Crippen MR) is 78.8 cm³/mol. The van der Waals surface area contributed by atoms with Crippen LogP contribution in [0.3, 0.4) is 0 Å². The van der Waals surface area contributed by atoms with Crippen LogP contribution in [0, 0.1) is 0 Å². The Bertz CT molecular complexity index is 734. The second-order valence-corrected chi connectivity index (χ2v) is 5.14. The van der Waals surface area contributed by atoms with E-state index in [1.807, 2.05) is 24.3 Å². The van der Waals surface area contributed by atoms with Crippen LogP contribution in [-0.2, 0) is 4.74 Å². The Hall–Kier alpha value is -2.27. The Morgan fingerprint density at radius 3 is 2.90 bits per heavy atom. The van der Waals surface area contributed by atoms with E-state index in [1.165, 1.54) is 11.3 Å². The van der Waals surface area contributed by atoms with Crippen LogP contribution in [-0.4, -0.2) is 22.5 Å². The van der Waals surface area contributed by atoms with Gasteiger partial charge >= 0.3 is 5.97 Å². The molecule has 0 aliphatic rings. The van der Waals surface area contributed by atoms with E-state index in [0.29, 0.717) is 17.9 Å². The molecular weight excluding hydrogens is 272 g/mol. The van der Waals surface area contributed by atoms with Crippen molar-refractivity contribution >= 4 is 27.5 Å². The van der Waals surface area contributed by atoms with E-state index in [-0.39, 0.29) is 5.97 Å². The molecule has 3 rings (SSSR count). The van der Waals surface area contributed by atoms with Gasteiger partial charge in [0.15, 0.2) is 0 Å². The van der Waals surface area contributed by atoms with Crippen LogP contribution in [0.1, 0.15) is 17.3 Å². The van der Waals surface area contributed by atoms with Crippen molar-refractivity contribution in [2.75, 3.05) is 6.61 Å². The average molecular weight is 284 g/mol. The van der Waals surface area contributed by atoms with Crippen LogP contribution in [0.5, 0.6) is 0 Å². The van der Waals surface area contributed by atoms with Gasteiger partial charge in [0.25, 0.3) is 0 Å². The number of ether oxygens (including phenoxy) is 1. The lowest BCUT2D eigenvalue weighted by molar-refractivity contribution is 0.0527. The number of carbonyl (C=O) groups is 1. The molecule has 2 aromatic heterocycles. The number of para-hydroxylation sites is 1. The van der Waals surface area contributed by atoms with Gasteiger partial charge in [0.2, 0.25) is 0 Å². The first-order valence-electron chi connectivity index (χ1n) is 6.27. The van der Waals surface area contributed by atoms with Crippen molar-refractivity contribution < 1.29 is 9.53 Å². The van der Waals surface area contributed by atoms with Crippen LogP contribution in [0.25, 0.3) is 20.9 Å². The molecule has 0 aliphatic heterocycles. The lowest BCUT2D eigenvalue weighted by Gasteiger charge is -2.04. The topological polar surface area (TPSA) is 52.1 Å². The highest BCUT2D eigenvalue weighted by Gasteiger charge is 2.17. The summed E-state index contributed by atoms with van der Waals surface area (Å²) in [5.74, 6) is -0.366. The lowest BCUT2D eigenvalue weighted by atomic mass is 10.2. The molecule has 0 saturated carbocycles. The fourth-order valence-corrected chi connectivity index (χ4v) is 2.90. The summed E-state index contributed by atoms with van der Waals surface area (Å²) >= 11 is 1.52. The fraction of sp³-hybridized carbons (Fsp3) is 0.133. The maximum atomic E-state index is 12.0. The smallest absolute Gasteiger partial charge is 0.340 e. The third-order valence-electron chi connectivity index (χ3n) is 2.80. The van der Waals surface area contributed by atoms with Gasteiger partial charge in [0.1, 0.15) is 10.7 Å². The molecule has 0 spiro atoms. The third kappa shape index (κ3) is 2.28. The molecule has 0 fully saturated rings. The number of hydrogen-bond donors (Lipinski definition) is 0. The van der Waals surface area contributed by atoms with Crippen LogP contribution >= 0.6 is 11.3 Å². The van der Waals surface area contributed by atoms with Gasteiger partial charge < -0.3 is 4.74 Å². The summed E-state index contributed by atoms with van der Waals surface area (Å²) < 4.78 is 6.13. The molecular formula is C15H12N2O2S. The largest absolute Gasteiger partial charge is 0.462 e. The summed E-state index contributed by atoms with van der Waals surface area (Å²) in [6.07, 6.45) is 1.66. The fourth-order valence-electron chi connectivity index (χ4n) is 1.92. The van der Waals surface area contributed by atoms with Gasteiger partial charge in [-0.1, -0.05) is 12.1 Å². The van der Waals surface area contributed by atoms with Crippen molar-refractivity contribution in [1.29, 1.82) is 0 Å². The van der Waals surface area contributed by atoms with Gasteiger partial charge in [-0.15, -0.1) is 11.3 Å². The normalized spacial score (nSPS) is 10.7. The van der Waals surface area contributed by atoms with Gasteiger partial charge in [0, 0.05) is 6.20 Å². The van der Waals surface area contributed by atoms with Crippen molar-refractivity contribution in [3.05, 3.63) is 48.2 Å². The molecule has 0 bridgehead atoms. The highest BCUT2D eigenvalue weighted by atomic mass is 32.1. The zero-order valence-electron chi connectivity index (χ0n) is 10.9. The van der Waals surface area contributed by atoms with E-state index >= 15 is 0 Å². The number of esters is 1. The Kier molecular flexibility index (Phi) is 3.43. The molecule has 2 heterocycles. The monoisotopic (exact) mass is 284 g/mol. The van der Waals surface area contributed by atoms with Crippen LogP contribution < -0.4 is 0 Å². The Labute approximate surface area is 120 Å². The summed E-state index contributed by atoms with van der Waals surface area (Å²) in [5.41, 5.74) is 1.94. The molecule has 5 heteroatoms. The minimum Gasteiger partial charge on any atom is -0.462 e. The molecule has 3 aromatic rings. The minimum atomic E-state index is -0.366. The molecule has 4 nitrogen and oxygen atoms in total. The number of thiazole rings is 1. The first-order valence-corrected chi connectivity index (χ1v) is 7.09. The molecule has 100 valence electrons. The van der Waals surface area contributed by atoms with E-state index < -0.39 is 0 Å². The highest BCUT2D eigenvalue weighted by molar-refractivity contribution is 7.21. The molecule has 0 amide bonds. The van der Waals surface area contributed by atoms with Gasteiger partial charge in [-0.3, -0.25) is 4.98 Å². The van der Waals surface area contributed by atoms with E-state index in [0.717, 1.165) is 15.2 Å². The molecule has 1 aromatic carbocycles. The van der Waals surface area contributed by atoms with Crippen molar-refractivity contribution in [2.24, 2.45) is 0 Å². The van der Waals surface area contributed by atoms with Gasteiger partial charge in [-0.25, -0.2) is 9.78 Å². The molecule has 0 radical (unpaired) electrons. The van der Waals surface area contributed by atoms with Gasteiger partial charge in [-0.05, 0) is 31.2 Å². The maximum Gasteiger partial charge on any atom is 0.340 e. The number of pyridine rings is 1. The number of carbonyl (C=O) groups excluding carboxylic acids is 1. The van der Waals surface area contributed by atoms with E-state index in [2.05, 4.69) is 9.97 Å². The summed E-state index contributed by atoms with van der Waals surface area (Å²) in [5, 5.41) is 0.731. The van der Waals surface area contributed by atoms with Crippen molar-refractivity contribution in [2.45, 2.75) is 6.92 Å². The van der Waals surface area contributed by atoms with Crippen LogP contribution in [0.15, 0.2) is 42.6 Å². The number of hydrogen-bond acceptors (Lipinski definition) is 5. The van der Waals surface area contributed by atoms with Crippen LogP contribution in [0.2, 0.25) is 0 Å². The molecule has 0 N–H and O–H groups in total. The quantitative estimate of drug-likeness (QED) is 0.690. The number of benzene rings is 1. The number of fused-ring (bicyclic) bond motifs is 1. The standard InChI is InChI=1S/C15H12N2O2S/c1-2-19-15(18)10-6-5-9-16-13(10)14-17-11-7-3-4-8-12(11)20-14/h3-9H,2H2,1H3. The Morgan fingerprint density at radius 1 is 1.25 bits per heavy atom.